The lowest BCUT2D eigenvalue weighted by Gasteiger charge is -2.25. The van der Waals surface area contributed by atoms with Gasteiger partial charge in [0.05, 0.1) is 11.5 Å². The molecule has 2 fully saturated rings. The minimum Gasteiger partial charge on any atom is -0.481 e. The molecule has 2 aliphatic rings. The molecule has 4 heteroatoms. The van der Waals surface area contributed by atoms with Gasteiger partial charge < -0.3 is 9.84 Å². The van der Waals surface area contributed by atoms with Crippen LogP contribution in [-0.2, 0) is 9.53 Å². The van der Waals surface area contributed by atoms with Gasteiger partial charge in [-0.3, -0.25) is 9.69 Å². The van der Waals surface area contributed by atoms with E-state index in [1.54, 1.807) is 0 Å². The first-order valence-corrected chi connectivity index (χ1v) is 6.74. The van der Waals surface area contributed by atoms with Crippen molar-refractivity contribution in [3.8, 4) is 0 Å². The van der Waals surface area contributed by atoms with Gasteiger partial charge in [-0.25, -0.2) is 0 Å². The SMILES string of the molecule is CCCC1(C(=O)O)CCN(CC2CCCO2)C1. The molecule has 2 unspecified atom stereocenters. The van der Waals surface area contributed by atoms with E-state index in [1.807, 2.05) is 0 Å². The second-order valence-electron chi connectivity index (χ2n) is 5.46. The summed E-state index contributed by atoms with van der Waals surface area (Å²) in [5.74, 6) is -0.616. The number of hydrogen-bond donors (Lipinski definition) is 1. The third kappa shape index (κ3) is 2.80. The first-order valence-electron chi connectivity index (χ1n) is 6.74. The Bertz CT molecular complexity index is 276. The van der Waals surface area contributed by atoms with Gasteiger partial charge in [0.2, 0.25) is 0 Å². The van der Waals surface area contributed by atoms with Gasteiger partial charge in [-0.1, -0.05) is 13.3 Å². The maximum atomic E-state index is 11.4. The van der Waals surface area contributed by atoms with Crippen molar-refractivity contribution in [1.29, 1.82) is 0 Å². The van der Waals surface area contributed by atoms with Gasteiger partial charge in [-0.2, -0.15) is 0 Å². The Labute approximate surface area is 103 Å². The number of ether oxygens (including phenoxy) is 1. The van der Waals surface area contributed by atoms with Gasteiger partial charge >= 0.3 is 5.97 Å². The Morgan fingerprint density at radius 2 is 2.41 bits per heavy atom. The second-order valence-corrected chi connectivity index (χ2v) is 5.46. The molecule has 4 nitrogen and oxygen atoms in total. The molecule has 2 atom stereocenters. The van der Waals surface area contributed by atoms with Crippen LogP contribution in [0.3, 0.4) is 0 Å². The number of carbonyl (C=O) groups is 1. The Morgan fingerprint density at radius 3 is 3.00 bits per heavy atom. The molecule has 2 heterocycles. The average molecular weight is 241 g/mol. The number of carboxylic acid groups (broad SMARTS) is 1. The molecule has 0 radical (unpaired) electrons. The fraction of sp³-hybridized carbons (Fsp3) is 0.923. The molecular formula is C13H23NO3. The van der Waals surface area contributed by atoms with Crippen molar-refractivity contribution >= 4 is 5.97 Å². The van der Waals surface area contributed by atoms with E-state index in [0.717, 1.165) is 51.8 Å². The van der Waals surface area contributed by atoms with Crippen molar-refractivity contribution in [2.75, 3.05) is 26.2 Å². The summed E-state index contributed by atoms with van der Waals surface area (Å²) < 4.78 is 5.61. The number of aliphatic carboxylic acids is 1. The van der Waals surface area contributed by atoms with Crippen LogP contribution in [0.25, 0.3) is 0 Å². The van der Waals surface area contributed by atoms with Crippen molar-refractivity contribution in [3.05, 3.63) is 0 Å². The smallest absolute Gasteiger partial charge is 0.310 e. The summed E-state index contributed by atoms with van der Waals surface area (Å²) >= 11 is 0. The molecule has 0 aliphatic carbocycles. The molecule has 0 bridgehead atoms. The first kappa shape index (κ1) is 12.8. The molecule has 0 saturated carbocycles. The van der Waals surface area contributed by atoms with E-state index in [-0.39, 0.29) is 0 Å². The van der Waals surface area contributed by atoms with Crippen LogP contribution in [0.2, 0.25) is 0 Å². The molecule has 0 amide bonds. The zero-order valence-corrected chi connectivity index (χ0v) is 10.7. The highest BCUT2D eigenvalue weighted by atomic mass is 16.5. The third-order valence-electron chi connectivity index (χ3n) is 4.10. The lowest BCUT2D eigenvalue weighted by atomic mass is 9.83. The molecule has 0 spiro atoms. The van der Waals surface area contributed by atoms with E-state index in [1.165, 1.54) is 0 Å². The monoisotopic (exact) mass is 241 g/mol. The number of likely N-dealkylation sites (tertiary alicyclic amines) is 1. The van der Waals surface area contributed by atoms with E-state index in [4.69, 9.17) is 4.74 Å². The van der Waals surface area contributed by atoms with Crippen LogP contribution >= 0.6 is 0 Å². The summed E-state index contributed by atoms with van der Waals surface area (Å²) in [6.45, 7) is 5.46. The van der Waals surface area contributed by atoms with Crippen LogP contribution in [0.15, 0.2) is 0 Å². The molecule has 98 valence electrons. The normalized spacial score (nSPS) is 34.3. The number of rotatable bonds is 5. The highest BCUT2D eigenvalue weighted by molar-refractivity contribution is 5.75. The van der Waals surface area contributed by atoms with E-state index < -0.39 is 11.4 Å². The zero-order valence-electron chi connectivity index (χ0n) is 10.7. The van der Waals surface area contributed by atoms with Gasteiger partial charge in [-0.15, -0.1) is 0 Å². The van der Waals surface area contributed by atoms with E-state index in [2.05, 4.69) is 11.8 Å². The molecule has 0 aromatic carbocycles. The van der Waals surface area contributed by atoms with Gasteiger partial charge in [0.25, 0.3) is 0 Å². The summed E-state index contributed by atoms with van der Waals surface area (Å²) in [5, 5.41) is 9.42. The van der Waals surface area contributed by atoms with Gasteiger partial charge in [0, 0.05) is 19.7 Å². The third-order valence-corrected chi connectivity index (χ3v) is 4.10. The van der Waals surface area contributed by atoms with E-state index in [0.29, 0.717) is 12.6 Å². The van der Waals surface area contributed by atoms with Crippen LogP contribution in [0.1, 0.15) is 39.0 Å². The lowest BCUT2D eigenvalue weighted by molar-refractivity contribution is -0.148. The summed E-state index contributed by atoms with van der Waals surface area (Å²) in [7, 11) is 0. The van der Waals surface area contributed by atoms with Crippen molar-refractivity contribution in [1.82, 2.24) is 4.90 Å². The largest absolute Gasteiger partial charge is 0.481 e. The molecule has 17 heavy (non-hydrogen) atoms. The molecule has 0 aromatic heterocycles. The Balaban J connectivity index is 1.89. The predicted octanol–water partition coefficient (Wildman–Crippen LogP) is 1.74. The van der Waals surface area contributed by atoms with E-state index >= 15 is 0 Å². The summed E-state index contributed by atoms with van der Waals surface area (Å²) in [4.78, 5) is 13.7. The molecule has 2 rings (SSSR count). The van der Waals surface area contributed by atoms with Crippen molar-refractivity contribution in [3.63, 3.8) is 0 Å². The summed E-state index contributed by atoms with van der Waals surface area (Å²) in [6.07, 6.45) is 5.15. The van der Waals surface area contributed by atoms with Crippen LogP contribution in [0.5, 0.6) is 0 Å². The first-order chi connectivity index (χ1) is 8.16. The minimum atomic E-state index is -0.616. The second kappa shape index (κ2) is 5.36. The van der Waals surface area contributed by atoms with Crippen LogP contribution in [-0.4, -0.2) is 48.3 Å². The van der Waals surface area contributed by atoms with Crippen molar-refractivity contribution < 1.29 is 14.6 Å². The molecule has 0 aromatic rings. The summed E-state index contributed by atoms with van der Waals surface area (Å²) in [5.41, 5.74) is -0.493. The van der Waals surface area contributed by atoms with Crippen molar-refractivity contribution in [2.24, 2.45) is 5.41 Å². The quantitative estimate of drug-likeness (QED) is 0.796. The molecule has 2 aliphatic heterocycles. The van der Waals surface area contributed by atoms with Gasteiger partial charge in [0.15, 0.2) is 0 Å². The number of hydrogen-bond acceptors (Lipinski definition) is 3. The standard InChI is InChI=1S/C13H23NO3/c1-2-5-13(12(15)16)6-7-14(10-13)9-11-4-3-8-17-11/h11H,2-10H2,1H3,(H,15,16). The molecular weight excluding hydrogens is 218 g/mol. The van der Waals surface area contributed by atoms with Crippen LogP contribution in [0, 0.1) is 5.41 Å². The molecule has 2 saturated heterocycles. The maximum Gasteiger partial charge on any atom is 0.310 e. The average Bonchev–Trinajstić information content (AvgIpc) is 2.90. The van der Waals surface area contributed by atoms with Crippen molar-refractivity contribution in [2.45, 2.75) is 45.1 Å². The fourth-order valence-corrected chi connectivity index (χ4v) is 3.15. The maximum absolute atomic E-state index is 11.4. The Kier molecular flexibility index (Phi) is 4.05. The van der Waals surface area contributed by atoms with Gasteiger partial charge in [-0.05, 0) is 32.2 Å². The van der Waals surface area contributed by atoms with Crippen LogP contribution in [0.4, 0.5) is 0 Å². The van der Waals surface area contributed by atoms with Crippen LogP contribution < -0.4 is 0 Å². The highest BCUT2D eigenvalue weighted by Gasteiger charge is 2.44. The fourth-order valence-electron chi connectivity index (χ4n) is 3.15. The Morgan fingerprint density at radius 1 is 1.59 bits per heavy atom. The summed E-state index contributed by atoms with van der Waals surface area (Å²) in [6, 6.07) is 0. The van der Waals surface area contributed by atoms with E-state index in [9.17, 15) is 9.90 Å². The number of nitrogens with zero attached hydrogens (tertiary/aromatic N) is 1. The number of carboxylic acids is 1. The minimum absolute atomic E-state index is 0.334. The lowest BCUT2D eigenvalue weighted by Crippen LogP contribution is -2.37. The topological polar surface area (TPSA) is 49.8 Å². The molecule has 1 N–H and O–H groups in total. The zero-order chi connectivity index (χ0) is 12.3. The Hall–Kier alpha value is -0.610. The predicted molar refractivity (Wildman–Crippen MR) is 65.0 cm³/mol. The van der Waals surface area contributed by atoms with Gasteiger partial charge in [0.1, 0.15) is 0 Å². The highest BCUT2D eigenvalue weighted by Crippen LogP contribution is 2.36.